The van der Waals surface area contributed by atoms with Crippen LogP contribution in [0.4, 0.5) is 10.8 Å². The Bertz CT molecular complexity index is 756. The van der Waals surface area contributed by atoms with Gasteiger partial charge in [0.25, 0.3) is 6.47 Å². The number of carbonyl (C=O) groups is 2. The highest BCUT2D eigenvalue weighted by Crippen LogP contribution is 2.38. The summed E-state index contributed by atoms with van der Waals surface area (Å²) in [6, 6.07) is 9.43. The van der Waals surface area contributed by atoms with E-state index in [9.17, 15) is 4.79 Å². The molecule has 0 radical (unpaired) electrons. The molecule has 0 saturated heterocycles. The number of nitrogens with zero attached hydrogens (tertiary/aromatic N) is 2. The smallest absolute Gasteiger partial charge is 0.290 e. The molecule has 1 aromatic carbocycles. The van der Waals surface area contributed by atoms with E-state index in [1.54, 1.807) is 0 Å². The molecule has 2 aromatic rings. The fourth-order valence-corrected chi connectivity index (χ4v) is 3.62. The summed E-state index contributed by atoms with van der Waals surface area (Å²) >= 11 is 1.45. The SMILES string of the molecule is NC(N)=Nc1nc2c(s1)CCC[C@@H]2C(=O)Nc1ccccc1.O=CO. The second-order valence-electron chi connectivity index (χ2n) is 5.25. The summed E-state index contributed by atoms with van der Waals surface area (Å²) in [6.07, 6.45) is 2.67. The number of aliphatic imine (C=N–C) groups is 1. The zero-order valence-corrected chi connectivity index (χ0v) is 14.2. The average Bonchev–Trinajstić information content (AvgIpc) is 2.97. The van der Waals surface area contributed by atoms with Gasteiger partial charge in [-0.1, -0.05) is 29.5 Å². The number of rotatable bonds is 3. The number of fused-ring (bicyclic) bond motifs is 1. The third kappa shape index (κ3) is 5.01. The number of aromatic nitrogens is 1. The molecule has 0 bridgehead atoms. The number of hydrogen-bond donors (Lipinski definition) is 4. The van der Waals surface area contributed by atoms with Crippen molar-refractivity contribution in [2.24, 2.45) is 16.5 Å². The lowest BCUT2D eigenvalue weighted by molar-refractivity contribution is -0.123. The van der Waals surface area contributed by atoms with Crippen LogP contribution in [0, 0.1) is 0 Å². The molecule has 132 valence electrons. The molecule has 3 rings (SSSR count). The lowest BCUT2D eigenvalue weighted by Gasteiger charge is -2.20. The monoisotopic (exact) mass is 361 g/mol. The number of aryl methyl sites for hydroxylation is 1. The molecular weight excluding hydrogens is 342 g/mol. The highest BCUT2D eigenvalue weighted by atomic mass is 32.1. The van der Waals surface area contributed by atoms with Gasteiger partial charge in [0.1, 0.15) is 0 Å². The van der Waals surface area contributed by atoms with E-state index < -0.39 is 0 Å². The van der Waals surface area contributed by atoms with Crippen LogP contribution < -0.4 is 16.8 Å². The third-order valence-electron chi connectivity index (χ3n) is 3.53. The van der Waals surface area contributed by atoms with Gasteiger partial charge in [-0.25, -0.2) is 4.98 Å². The van der Waals surface area contributed by atoms with Crippen molar-refractivity contribution >= 4 is 40.5 Å². The zero-order chi connectivity index (χ0) is 18.2. The molecule has 1 aliphatic rings. The molecule has 1 aliphatic carbocycles. The fourth-order valence-electron chi connectivity index (χ4n) is 2.57. The summed E-state index contributed by atoms with van der Waals surface area (Å²) in [7, 11) is 0. The first-order valence-corrected chi connectivity index (χ1v) is 8.39. The number of amides is 1. The molecule has 1 atom stereocenters. The topological polar surface area (TPSA) is 144 Å². The normalized spacial score (nSPS) is 15.1. The number of anilines is 1. The first-order chi connectivity index (χ1) is 12.0. The van der Waals surface area contributed by atoms with Crippen LogP contribution in [-0.2, 0) is 16.0 Å². The lowest BCUT2D eigenvalue weighted by Crippen LogP contribution is -2.24. The number of nitrogens with two attached hydrogens (primary N) is 2. The second kappa shape index (κ2) is 8.78. The minimum atomic E-state index is -0.250. The molecule has 1 aromatic heterocycles. The molecule has 25 heavy (non-hydrogen) atoms. The van der Waals surface area contributed by atoms with Crippen LogP contribution in [0.3, 0.4) is 0 Å². The number of carboxylic acid groups (broad SMARTS) is 1. The number of para-hydroxylation sites is 1. The van der Waals surface area contributed by atoms with Crippen LogP contribution in [-0.4, -0.2) is 28.4 Å². The van der Waals surface area contributed by atoms with Crippen molar-refractivity contribution in [1.29, 1.82) is 0 Å². The van der Waals surface area contributed by atoms with E-state index in [1.807, 2.05) is 30.3 Å². The number of guanidine groups is 1. The minimum absolute atomic E-state index is 0.0172. The van der Waals surface area contributed by atoms with Crippen LogP contribution >= 0.6 is 11.3 Å². The van der Waals surface area contributed by atoms with Gasteiger partial charge in [0.05, 0.1) is 11.6 Å². The van der Waals surface area contributed by atoms with Crippen LogP contribution in [0.25, 0.3) is 0 Å². The van der Waals surface area contributed by atoms with Gasteiger partial charge in [0.15, 0.2) is 5.96 Å². The number of nitrogens with one attached hydrogen (secondary N) is 1. The van der Waals surface area contributed by atoms with Crippen LogP contribution in [0.5, 0.6) is 0 Å². The maximum absolute atomic E-state index is 12.5. The standard InChI is InChI=1S/C15H17N5OS.CH2O2/c16-14(17)20-15-19-12-10(7-4-8-11(12)22-15)13(21)18-9-5-2-1-3-6-9;2-1-3/h1-3,5-6,10H,4,7-8H2,(H,18,21)(H4,16,17,19,20);1H,(H,2,3)/t10-;/m0./s1. The number of carbonyl (C=O) groups excluding carboxylic acids is 1. The van der Waals surface area contributed by atoms with E-state index in [4.69, 9.17) is 21.4 Å². The Morgan fingerprint density at radius 1 is 1.36 bits per heavy atom. The van der Waals surface area contributed by atoms with Crippen molar-refractivity contribution < 1.29 is 14.7 Å². The third-order valence-corrected chi connectivity index (χ3v) is 4.55. The predicted octanol–water partition coefficient (Wildman–Crippen LogP) is 1.81. The summed E-state index contributed by atoms with van der Waals surface area (Å²) < 4.78 is 0. The highest BCUT2D eigenvalue weighted by Gasteiger charge is 2.30. The quantitative estimate of drug-likeness (QED) is 0.373. The Kier molecular flexibility index (Phi) is 6.47. The van der Waals surface area contributed by atoms with E-state index in [2.05, 4.69) is 15.3 Å². The molecule has 1 amide bonds. The van der Waals surface area contributed by atoms with Crippen molar-refractivity contribution in [3.8, 4) is 0 Å². The molecule has 0 fully saturated rings. The molecule has 8 nitrogen and oxygen atoms in total. The van der Waals surface area contributed by atoms with Gasteiger partial charge in [0, 0.05) is 10.6 Å². The van der Waals surface area contributed by atoms with Crippen molar-refractivity contribution in [3.63, 3.8) is 0 Å². The maximum atomic E-state index is 12.5. The first kappa shape index (κ1) is 18.4. The van der Waals surface area contributed by atoms with Gasteiger partial charge in [-0.2, -0.15) is 4.99 Å². The first-order valence-electron chi connectivity index (χ1n) is 7.58. The van der Waals surface area contributed by atoms with Crippen LogP contribution in [0.1, 0.15) is 29.3 Å². The summed E-state index contributed by atoms with van der Waals surface area (Å²) in [4.78, 5) is 30.4. The number of hydrogen-bond acceptors (Lipinski definition) is 5. The van der Waals surface area contributed by atoms with E-state index in [0.717, 1.165) is 35.5 Å². The Hall–Kier alpha value is -2.94. The van der Waals surface area contributed by atoms with Gasteiger partial charge >= 0.3 is 0 Å². The van der Waals surface area contributed by atoms with Crippen molar-refractivity contribution in [3.05, 3.63) is 40.9 Å². The van der Waals surface area contributed by atoms with Gasteiger partial charge < -0.3 is 21.9 Å². The van der Waals surface area contributed by atoms with E-state index >= 15 is 0 Å². The summed E-state index contributed by atoms with van der Waals surface area (Å²) in [6.45, 7) is -0.250. The zero-order valence-electron chi connectivity index (χ0n) is 13.4. The molecule has 0 aliphatic heterocycles. The summed E-state index contributed by atoms with van der Waals surface area (Å²) in [5.74, 6) is -0.298. The number of thiazole rings is 1. The van der Waals surface area contributed by atoms with Crippen LogP contribution in [0.2, 0.25) is 0 Å². The maximum Gasteiger partial charge on any atom is 0.290 e. The fraction of sp³-hybridized carbons (Fsp3) is 0.250. The molecule has 0 spiro atoms. The molecular formula is C16H19N5O3S. The van der Waals surface area contributed by atoms with E-state index in [1.165, 1.54) is 11.3 Å². The Morgan fingerprint density at radius 3 is 2.68 bits per heavy atom. The number of benzene rings is 1. The van der Waals surface area contributed by atoms with Gasteiger partial charge in [-0.05, 0) is 31.4 Å². The predicted molar refractivity (Wildman–Crippen MR) is 97.0 cm³/mol. The van der Waals surface area contributed by atoms with Crippen LogP contribution in [0.15, 0.2) is 35.3 Å². The Balaban J connectivity index is 0.000000701. The molecule has 0 unspecified atom stereocenters. The van der Waals surface area contributed by atoms with Gasteiger partial charge in [-0.3, -0.25) is 9.59 Å². The average molecular weight is 361 g/mol. The summed E-state index contributed by atoms with van der Waals surface area (Å²) in [5, 5.41) is 10.3. The molecule has 1 heterocycles. The van der Waals surface area contributed by atoms with Gasteiger partial charge in [-0.15, -0.1) is 0 Å². The largest absolute Gasteiger partial charge is 0.483 e. The molecule has 6 N–H and O–H groups in total. The second-order valence-corrected chi connectivity index (χ2v) is 6.31. The molecule has 9 heteroatoms. The van der Waals surface area contributed by atoms with E-state index in [0.29, 0.717) is 5.13 Å². The molecule has 0 saturated carbocycles. The Labute approximate surface area is 148 Å². The van der Waals surface area contributed by atoms with Crippen molar-refractivity contribution in [1.82, 2.24) is 4.98 Å². The van der Waals surface area contributed by atoms with Gasteiger partial charge in [0.2, 0.25) is 11.0 Å². The Morgan fingerprint density at radius 2 is 2.04 bits per heavy atom. The van der Waals surface area contributed by atoms with E-state index in [-0.39, 0.29) is 24.3 Å². The van der Waals surface area contributed by atoms with Crippen molar-refractivity contribution in [2.45, 2.75) is 25.2 Å². The lowest BCUT2D eigenvalue weighted by atomic mass is 9.90. The minimum Gasteiger partial charge on any atom is -0.483 e. The van der Waals surface area contributed by atoms with Crippen molar-refractivity contribution in [2.75, 3.05) is 5.32 Å². The summed E-state index contributed by atoms with van der Waals surface area (Å²) in [5.41, 5.74) is 12.4. The highest BCUT2D eigenvalue weighted by molar-refractivity contribution is 7.15.